The van der Waals surface area contributed by atoms with E-state index >= 15 is 0 Å². The molecular formula is C29H35Cl2N5O4. The van der Waals surface area contributed by atoms with Gasteiger partial charge in [0.15, 0.2) is 0 Å². The van der Waals surface area contributed by atoms with E-state index in [9.17, 15) is 9.59 Å². The van der Waals surface area contributed by atoms with E-state index in [0.717, 1.165) is 43.1 Å². The Labute approximate surface area is 244 Å². The quantitative estimate of drug-likeness (QED) is 0.350. The first-order valence-electron chi connectivity index (χ1n) is 13.5. The molecule has 2 saturated heterocycles. The lowest BCUT2D eigenvalue weighted by Gasteiger charge is -2.22. The van der Waals surface area contributed by atoms with Crippen LogP contribution in [0.5, 0.6) is 0 Å². The van der Waals surface area contributed by atoms with Crippen molar-refractivity contribution < 1.29 is 19.1 Å². The molecule has 2 N–H and O–H groups in total. The maximum atomic E-state index is 13.0. The Hall–Kier alpha value is -3.01. The fraction of sp³-hybridized carbons (Fsp3) is 0.483. The van der Waals surface area contributed by atoms with Gasteiger partial charge in [-0.2, -0.15) is 0 Å². The molecule has 3 heterocycles. The highest BCUT2D eigenvalue weighted by Crippen LogP contribution is 2.39. The van der Waals surface area contributed by atoms with Crippen LogP contribution < -0.4 is 15.5 Å². The van der Waals surface area contributed by atoms with Gasteiger partial charge >= 0.3 is 5.97 Å². The smallest absolute Gasteiger partial charge is 0.340 e. The highest BCUT2D eigenvalue weighted by Gasteiger charge is 2.38. The van der Waals surface area contributed by atoms with E-state index in [1.54, 1.807) is 25.1 Å². The highest BCUT2D eigenvalue weighted by atomic mass is 35.5. The molecule has 11 heteroatoms. The summed E-state index contributed by atoms with van der Waals surface area (Å²) < 4.78 is 13.0. The van der Waals surface area contributed by atoms with Crippen LogP contribution in [0.4, 0.5) is 17.3 Å². The van der Waals surface area contributed by atoms with Crippen molar-refractivity contribution in [3.8, 4) is 0 Å². The van der Waals surface area contributed by atoms with Gasteiger partial charge < -0.3 is 29.6 Å². The van der Waals surface area contributed by atoms with Gasteiger partial charge in [0.2, 0.25) is 11.9 Å². The number of carbonyl (C=O) groups is 2. The predicted octanol–water partition coefficient (Wildman–Crippen LogP) is 5.55. The molecule has 1 aromatic heterocycles. The molecule has 2 fully saturated rings. The fourth-order valence-electron chi connectivity index (χ4n) is 5.26. The molecule has 0 aliphatic carbocycles. The molecule has 2 aromatic carbocycles. The number of esters is 1. The van der Waals surface area contributed by atoms with Crippen molar-refractivity contribution in [2.24, 2.45) is 24.3 Å². The largest absolute Gasteiger partial charge is 0.462 e. The molecule has 40 heavy (non-hydrogen) atoms. The number of anilines is 3. The number of fused-ring (bicyclic) bond motifs is 2. The van der Waals surface area contributed by atoms with E-state index in [0.29, 0.717) is 44.6 Å². The molecule has 2 aliphatic rings. The lowest BCUT2D eigenvalue weighted by atomic mass is 9.95. The van der Waals surface area contributed by atoms with Crippen molar-refractivity contribution in [1.29, 1.82) is 0 Å². The van der Waals surface area contributed by atoms with Crippen LogP contribution in [0.2, 0.25) is 10.0 Å². The van der Waals surface area contributed by atoms with Gasteiger partial charge in [-0.05, 0) is 30.7 Å². The van der Waals surface area contributed by atoms with Crippen molar-refractivity contribution in [1.82, 2.24) is 14.9 Å². The monoisotopic (exact) mass is 587 g/mol. The number of aromatic nitrogens is 2. The molecule has 5 rings (SSSR count). The summed E-state index contributed by atoms with van der Waals surface area (Å²) in [7, 11) is 1.90. The molecule has 0 bridgehead atoms. The minimum Gasteiger partial charge on any atom is -0.462 e. The summed E-state index contributed by atoms with van der Waals surface area (Å²) in [6, 6.07) is 7.33. The van der Waals surface area contributed by atoms with E-state index in [1.165, 1.54) is 0 Å². The average Bonchev–Trinajstić information content (AvgIpc) is 3.59. The van der Waals surface area contributed by atoms with Crippen LogP contribution in [0.1, 0.15) is 43.6 Å². The fourth-order valence-corrected chi connectivity index (χ4v) is 5.79. The SMILES string of the molecule is CCOC(=O)c1cc2nc(Nc3c(Cl)ccc(CNC(=O)C(C)(C)C)c3Cl)n(C)c2cc1N1CC2COCC2C1. The maximum absolute atomic E-state index is 13.0. The Morgan fingerprint density at radius 1 is 1.15 bits per heavy atom. The minimum absolute atomic E-state index is 0.0780. The lowest BCUT2D eigenvalue weighted by Crippen LogP contribution is -2.34. The number of benzene rings is 2. The number of rotatable bonds is 7. The number of halogens is 2. The van der Waals surface area contributed by atoms with Gasteiger partial charge in [-0.3, -0.25) is 4.79 Å². The first-order chi connectivity index (χ1) is 19.0. The predicted molar refractivity (Wildman–Crippen MR) is 158 cm³/mol. The summed E-state index contributed by atoms with van der Waals surface area (Å²) in [5, 5.41) is 7.02. The lowest BCUT2D eigenvalue weighted by molar-refractivity contribution is -0.128. The molecule has 0 saturated carbocycles. The number of imidazole rings is 1. The molecule has 214 valence electrons. The summed E-state index contributed by atoms with van der Waals surface area (Å²) in [6.45, 7) is 11.1. The van der Waals surface area contributed by atoms with E-state index in [2.05, 4.69) is 15.5 Å². The van der Waals surface area contributed by atoms with Crippen molar-refractivity contribution >= 4 is 63.4 Å². The molecule has 2 atom stereocenters. The van der Waals surface area contributed by atoms with Crippen LogP contribution in [0.3, 0.4) is 0 Å². The summed E-state index contributed by atoms with van der Waals surface area (Å²) in [5.74, 6) is 0.974. The third kappa shape index (κ3) is 5.47. The Balaban J connectivity index is 1.48. The molecular weight excluding hydrogens is 553 g/mol. The van der Waals surface area contributed by atoms with Crippen molar-refractivity contribution in [2.75, 3.05) is 43.1 Å². The molecule has 2 unspecified atom stereocenters. The summed E-state index contributed by atoms with van der Waals surface area (Å²) >= 11 is 13.3. The maximum Gasteiger partial charge on any atom is 0.340 e. The second-order valence-electron chi connectivity index (χ2n) is 11.5. The molecule has 0 radical (unpaired) electrons. The standard InChI is InChI=1S/C29H35Cl2N5O4/c1-6-40-26(37)19-9-21-23(10-22(19)36-12-17-14-39-15-18(17)13-36)35(5)28(33-21)34-25-20(30)8-7-16(24(25)31)11-32-27(38)29(2,3)4/h7-10,17-18H,6,11-15H2,1-5H3,(H,32,38)(H,33,34). The van der Waals surface area contributed by atoms with E-state index in [-0.39, 0.29) is 25.0 Å². The molecule has 3 aromatic rings. The molecule has 1 amide bonds. The second-order valence-corrected chi connectivity index (χ2v) is 12.3. The van der Waals surface area contributed by atoms with E-state index in [1.807, 2.05) is 38.5 Å². The minimum atomic E-state index is -0.518. The van der Waals surface area contributed by atoms with Crippen LogP contribution in [0.25, 0.3) is 11.0 Å². The van der Waals surface area contributed by atoms with E-state index in [4.69, 9.17) is 37.7 Å². The van der Waals surface area contributed by atoms with Crippen molar-refractivity contribution in [3.63, 3.8) is 0 Å². The second kappa shape index (κ2) is 11.1. The number of ether oxygens (including phenoxy) is 2. The van der Waals surface area contributed by atoms with Crippen molar-refractivity contribution in [2.45, 2.75) is 34.2 Å². The van der Waals surface area contributed by atoms with Crippen LogP contribution in [-0.4, -0.2) is 54.3 Å². The summed E-state index contributed by atoms with van der Waals surface area (Å²) in [6.07, 6.45) is 0. The van der Waals surface area contributed by atoms with Crippen LogP contribution in [-0.2, 0) is 27.9 Å². The van der Waals surface area contributed by atoms with Gasteiger partial charge in [0, 0.05) is 43.9 Å². The number of amides is 1. The summed E-state index contributed by atoms with van der Waals surface area (Å²) in [4.78, 5) is 32.4. The number of hydrogen-bond acceptors (Lipinski definition) is 7. The highest BCUT2D eigenvalue weighted by molar-refractivity contribution is 6.39. The zero-order valence-corrected chi connectivity index (χ0v) is 24.9. The summed E-state index contributed by atoms with van der Waals surface area (Å²) in [5.41, 5.74) is 3.51. The van der Waals surface area contributed by atoms with Gasteiger partial charge in [-0.1, -0.05) is 50.0 Å². The van der Waals surface area contributed by atoms with Gasteiger partial charge in [-0.25, -0.2) is 9.78 Å². The van der Waals surface area contributed by atoms with Crippen molar-refractivity contribution in [3.05, 3.63) is 45.4 Å². The molecule has 9 nitrogen and oxygen atoms in total. The zero-order chi connectivity index (χ0) is 28.8. The zero-order valence-electron chi connectivity index (χ0n) is 23.4. The topological polar surface area (TPSA) is 97.7 Å². The molecule has 2 aliphatic heterocycles. The Morgan fingerprint density at radius 2 is 1.85 bits per heavy atom. The average molecular weight is 589 g/mol. The number of carbonyl (C=O) groups excluding carboxylic acids is 2. The molecule has 0 spiro atoms. The van der Waals surface area contributed by atoms with Gasteiger partial charge in [0.05, 0.1) is 57.8 Å². The van der Waals surface area contributed by atoms with Gasteiger partial charge in [0.1, 0.15) is 0 Å². The first kappa shape index (κ1) is 28.5. The third-order valence-electron chi connectivity index (χ3n) is 7.60. The van der Waals surface area contributed by atoms with E-state index < -0.39 is 5.41 Å². The normalized spacial score (nSPS) is 18.7. The number of nitrogens with zero attached hydrogens (tertiary/aromatic N) is 3. The number of nitrogens with one attached hydrogen (secondary N) is 2. The van der Waals surface area contributed by atoms with Crippen LogP contribution >= 0.6 is 23.2 Å². The van der Waals surface area contributed by atoms with Gasteiger partial charge in [-0.15, -0.1) is 0 Å². The van der Waals surface area contributed by atoms with Crippen LogP contribution in [0, 0.1) is 17.3 Å². The third-order valence-corrected chi connectivity index (χ3v) is 8.35. The first-order valence-corrected chi connectivity index (χ1v) is 14.3. The number of hydrogen-bond donors (Lipinski definition) is 2. The van der Waals surface area contributed by atoms with Crippen LogP contribution in [0.15, 0.2) is 24.3 Å². The van der Waals surface area contributed by atoms with Gasteiger partial charge in [0.25, 0.3) is 0 Å². The Kier molecular flexibility index (Phi) is 7.92. The Morgan fingerprint density at radius 3 is 2.50 bits per heavy atom. The Bertz CT molecular complexity index is 1450. The number of aryl methyl sites for hydroxylation is 1.